The molecule has 2 N–H and O–H groups in total. The van der Waals surface area contributed by atoms with Crippen molar-refractivity contribution in [3.8, 4) is 11.5 Å². The number of ether oxygens (including phenoxy) is 2. The quantitative estimate of drug-likeness (QED) is 0.291. The first-order valence-corrected chi connectivity index (χ1v) is 10.2. The topological polar surface area (TPSA) is 96.3 Å². The lowest BCUT2D eigenvalue weighted by molar-refractivity contribution is -0.140. The van der Waals surface area contributed by atoms with Crippen LogP contribution in [0.3, 0.4) is 0 Å². The van der Waals surface area contributed by atoms with Crippen molar-refractivity contribution in [2.45, 2.75) is 26.3 Å². The second-order valence-electron chi connectivity index (χ2n) is 7.37. The Kier molecular flexibility index (Phi) is 6.97. The largest absolute Gasteiger partial charge is 0.507 e. The van der Waals surface area contributed by atoms with Crippen molar-refractivity contribution in [1.82, 2.24) is 4.90 Å². The minimum atomic E-state index is -0.807. The molecule has 1 aliphatic heterocycles. The van der Waals surface area contributed by atoms with E-state index in [1.54, 1.807) is 38.3 Å². The number of carbonyl (C=O) groups is 2. The Morgan fingerprint density at radius 3 is 2.48 bits per heavy atom. The van der Waals surface area contributed by atoms with E-state index in [4.69, 9.17) is 9.47 Å². The molecule has 0 aliphatic carbocycles. The lowest BCUT2D eigenvalue weighted by Gasteiger charge is -2.25. The van der Waals surface area contributed by atoms with Gasteiger partial charge in [-0.15, -0.1) is 0 Å². The molecule has 164 valence electrons. The predicted molar refractivity (Wildman–Crippen MR) is 116 cm³/mol. The Morgan fingerprint density at radius 1 is 1.13 bits per heavy atom. The summed E-state index contributed by atoms with van der Waals surface area (Å²) in [6.07, 6.45) is 0.529. The predicted octanol–water partition coefficient (Wildman–Crippen LogP) is 3.56. The number of aromatic hydroxyl groups is 1. The number of Topliss-reactive ketones (excluding diaryl/α,β-unsaturated/α-hetero) is 1. The summed E-state index contributed by atoms with van der Waals surface area (Å²) < 4.78 is 10.6. The molecule has 31 heavy (non-hydrogen) atoms. The van der Waals surface area contributed by atoms with Crippen molar-refractivity contribution in [1.29, 1.82) is 0 Å². The average Bonchev–Trinajstić information content (AvgIpc) is 3.01. The van der Waals surface area contributed by atoms with E-state index in [2.05, 4.69) is 0 Å². The van der Waals surface area contributed by atoms with Gasteiger partial charge in [0.15, 0.2) is 11.5 Å². The Hall–Kier alpha value is -3.32. The Balaban J connectivity index is 2.14. The lowest BCUT2D eigenvalue weighted by Crippen LogP contribution is -2.31. The number of rotatable bonds is 8. The number of phenols is 1. The smallest absolute Gasteiger partial charge is 0.295 e. The fourth-order valence-corrected chi connectivity index (χ4v) is 3.68. The summed E-state index contributed by atoms with van der Waals surface area (Å²) in [6.45, 7) is 4.76. The first-order valence-electron chi connectivity index (χ1n) is 10.2. The van der Waals surface area contributed by atoms with E-state index in [1.165, 1.54) is 11.0 Å². The summed E-state index contributed by atoms with van der Waals surface area (Å²) in [5, 5.41) is 21.1. The van der Waals surface area contributed by atoms with Gasteiger partial charge in [-0.1, -0.05) is 35.9 Å². The highest BCUT2D eigenvalue weighted by Crippen LogP contribution is 2.41. The van der Waals surface area contributed by atoms with Crippen molar-refractivity contribution in [2.75, 3.05) is 26.9 Å². The van der Waals surface area contributed by atoms with Gasteiger partial charge in [-0.05, 0) is 38.0 Å². The summed E-state index contributed by atoms with van der Waals surface area (Å²) >= 11 is 0. The first kappa shape index (κ1) is 22.4. The third kappa shape index (κ3) is 4.56. The third-order valence-corrected chi connectivity index (χ3v) is 5.21. The van der Waals surface area contributed by atoms with E-state index in [0.29, 0.717) is 30.8 Å². The van der Waals surface area contributed by atoms with Gasteiger partial charge >= 0.3 is 0 Å². The van der Waals surface area contributed by atoms with E-state index in [-0.39, 0.29) is 29.4 Å². The Bertz CT molecular complexity index is 996. The molecule has 1 atom stereocenters. The van der Waals surface area contributed by atoms with E-state index >= 15 is 0 Å². The van der Waals surface area contributed by atoms with Crippen LogP contribution in [0.4, 0.5) is 0 Å². The highest BCUT2D eigenvalue weighted by Gasteiger charge is 2.46. The number of likely N-dealkylation sites (tertiary alicyclic amines) is 1. The van der Waals surface area contributed by atoms with Crippen LogP contribution in [0.2, 0.25) is 0 Å². The number of ketones is 1. The van der Waals surface area contributed by atoms with Gasteiger partial charge in [0, 0.05) is 25.8 Å². The summed E-state index contributed by atoms with van der Waals surface area (Å²) in [7, 11) is 1.57. The zero-order valence-corrected chi connectivity index (χ0v) is 17.9. The number of nitrogens with zero attached hydrogens (tertiary/aromatic N) is 1. The number of carbonyl (C=O) groups excluding carboxylic acids is 2. The van der Waals surface area contributed by atoms with Crippen LogP contribution in [0.25, 0.3) is 5.76 Å². The van der Waals surface area contributed by atoms with Gasteiger partial charge in [0.1, 0.15) is 5.76 Å². The molecule has 0 radical (unpaired) electrons. The van der Waals surface area contributed by atoms with Gasteiger partial charge in [0.2, 0.25) is 0 Å². The fourth-order valence-electron chi connectivity index (χ4n) is 3.68. The molecule has 0 saturated carbocycles. The van der Waals surface area contributed by atoms with E-state index in [0.717, 1.165) is 5.56 Å². The van der Waals surface area contributed by atoms with Crippen LogP contribution in [0.1, 0.15) is 36.1 Å². The maximum atomic E-state index is 13.0. The second-order valence-corrected chi connectivity index (χ2v) is 7.37. The number of aliphatic hydroxyl groups excluding tert-OH is 1. The third-order valence-electron chi connectivity index (χ3n) is 5.21. The van der Waals surface area contributed by atoms with Gasteiger partial charge in [-0.3, -0.25) is 9.59 Å². The van der Waals surface area contributed by atoms with E-state index < -0.39 is 17.7 Å². The van der Waals surface area contributed by atoms with Gasteiger partial charge in [-0.2, -0.15) is 0 Å². The average molecular weight is 425 g/mol. The number of hydrogen-bond donors (Lipinski definition) is 2. The first-order chi connectivity index (χ1) is 14.9. The molecule has 2 aromatic rings. The van der Waals surface area contributed by atoms with E-state index in [9.17, 15) is 19.8 Å². The zero-order chi connectivity index (χ0) is 22.5. The molecule has 1 fully saturated rings. The highest BCUT2D eigenvalue weighted by atomic mass is 16.5. The van der Waals surface area contributed by atoms with Gasteiger partial charge < -0.3 is 24.6 Å². The standard InChI is InChI=1S/C24H27NO6/c1-4-31-19-14-17(10-11-18(19)26)21-20(22(27)16-8-6-15(2)7-9-16)23(28)24(29)25(21)12-5-13-30-3/h6-11,14,21,26-27H,4-5,12-13H2,1-3H3/b22-20+/t21-/m1/s1. The molecule has 7 nitrogen and oxygen atoms in total. The van der Waals surface area contributed by atoms with Crippen LogP contribution < -0.4 is 4.74 Å². The Labute approximate surface area is 181 Å². The molecule has 0 spiro atoms. The van der Waals surface area contributed by atoms with E-state index in [1.807, 2.05) is 19.1 Å². The van der Waals surface area contributed by atoms with Crippen LogP contribution in [0, 0.1) is 6.92 Å². The molecular formula is C24H27NO6. The number of benzene rings is 2. The van der Waals surface area contributed by atoms with Crippen LogP contribution >= 0.6 is 0 Å². The second kappa shape index (κ2) is 9.66. The molecule has 2 aromatic carbocycles. The summed E-state index contributed by atoms with van der Waals surface area (Å²) in [4.78, 5) is 27.3. The minimum Gasteiger partial charge on any atom is -0.507 e. The number of hydrogen-bond acceptors (Lipinski definition) is 6. The number of aryl methyl sites for hydroxylation is 1. The Morgan fingerprint density at radius 2 is 1.84 bits per heavy atom. The summed E-state index contributed by atoms with van der Waals surface area (Å²) in [6, 6.07) is 10.9. The maximum absolute atomic E-state index is 13.0. The lowest BCUT2D eigenvalue weighted by atomic mass is 9.94. The molecule has 0 bridgehead atoms. The van der Waals surface area contributed by atoms with Crippen molar-refractivity contribution < 1.29 is 29.3 Å². The number of methoxy groups -OCH3 is 1. The molecule has 3 rings (SSSR count). The molecule has 1 aliphatic rings. The summed E-state index contributed by atoms with van der Waals surface area (Å²) in [5.41, 5.74) is 2.04. The van der Waals surface area contributed by atoms with Gasteiger partial charge in [0.05, 0.1) is 18.2 Å². The fraction of sp³-hybridized carbons (Fsp3) is 0.333. The molecule has 1 saturated heterocycles. The summed E-state index contributed by atoms with van der Waals surface area (Å²) in [5.74, 6) is -1.45. The van der Waals surface area contributed by atoms with Crippen LogP contribution in [0.5, 0.6) is 11.5 Å². The molecular weight excluding hydrogens is 398 g/mol. The van der Waals surface area contributed by atoms with Crippen molar-refractivity contribution in [3.63, 3.8) is 0 Å². The molecule has 1 heterocycles. The maximum Gasteiger partial charge on any atom is 0.295 e. The molecule has 0 aromatic heterocycles. The number of phenolic OH excluding ortho intramolecular Hbond substituents is 1. The normalized spacial score (nSPS) is 17.9. The van der Waals surface area contributed by atoms with Crippen molar-refractivity contribution in [3.05, 3.63) is 64.7 Å². The molecule has 7 heteroatoms. The SMILES string of the molecule is CCOc1cc([C@@H]2/C(=C(\O)c3ccc(C)cc3)C(=O)C(=O)N2CCCOC)ccc1O. The van der Waals surface area contributed by atoms with Crippen LogP contribution in [-0.2, 0) is 14.3 Å². The minimum absolute atomic E-state index is 0.0133. The van der Waals surface area contributed by atoms with Crippen molar-refractivity contribution in [2.24, 2.45) is 0 Å². The van der Waals surface area contributed by atoms with Crippen LogP contribution in [-0.4, -0.2) is 53.7 Å². The monoisotopic (exact) mass is 425 g/mol. The zero-order valence-electron chi connectivity index (χ0n) is 17.9. The molecule has 0 unspecified atom stereocenters. The number of aliphatic hydroxyl groups is 1. The highest BCUT2D eigenvalue weighted by molar-refractivity contribution is 6.46. The van der Waals surface area contributed by atoms with Crippen LogP contribution in [0.15, 0.2) is 48.0 Å². The number of amides is 1. The van der Waals surface area contributed by atoms with Gasteiger partial charge in [-0.25, -0.2) is 0 Å². The molecule has 1 amide bonds. The van der Waals surface area contributed by atoms with Crippen molar-refractivity contribution >= 4 is 17.4 Å². The van der Waals surface area contributed by atoms with Gasteiger partial charge in [0.25, 0.3) is 11.7 Å².